The van der Waals surface area contributed by atoms with Crippen LogP contribution in [0.4, 0.5) is 24.7 Å². The second-order valence-corrected chi connectivity index (χ2v) is 4.77. The Kier molecular flexibility index (Phi) is 7.67. The number of nitrogens with one attached hydrogen (secondary N) is 1. The smallest absolute Gasteiger partial charge is 0.417 e. The molecule has 130 valence electrons. The maximum absolute atomic E-state index is 12.7. The number of allylic oxidation sites excluding steroid dienone is 2. The third-order valence-electron chi connectivity index (χ3n) is 2.51. The Balaban J connectivity index is 2.71. The lowest BCUT2D eigenvalue weighted by Crippen LogP contribution is -2.06. The minimum atomic E-state index is -4.46. The SMILES string of the molecule is CNc1ncc(C(F)(F)F)cc1N=C/C=C/C=N/C=C/OC(C)C. The summed E-state index contributed by atoms with van der Waals surface area (Å²) < 4.78 is 43.2. The van der Waals surface area contributed by atoms with E-state index in [1.807, 2.05) is 13.8 Å². The van der Waals surface area contributed by atoms with E-state index in [1.54, 1.807) is 19.2 Å². The van der Waals surface area contributed by atoms with Crippen molar-refractivity contribution in [2.75, 3.05) is 12.4 Å². The topological polar surface area (TPSA) is 58.9 Å². The summed E-state index contributed by atoms with van der Waals surface area (Å²) >= 11 is 0. The number of alkyl halides is 3. The number of anilines is 1. The third kappa shape index (κ3) is 7.08. The number of pyridine rings is 1. The molecule has 0 aliphatic heterocycles. The van der Waals surface area contributed by atoms with E-state index in [2.05, 4.69) is 20.3 Å². The summed E-state index contributed by atoms with van der Waals surface area (Å²) in [5, 5.41) is 2.69. The summed E-state index contributed by atoms with van der Waals surface area (Å²) in [6, 6.07) is 0.934. The highest BCUT2D eigenvalue weighted by molar-refractivity contribution is 5.84. The number of rotatable bonds is 7. The molecule has 0 saturated heterocycles. The highest BCUT2D eigenvalue weighted by Gasteiger charge is 2.31. The van der Waals surface area contributed by atoms with Crippen molar-refractivity contribution < 1.29 is 17.9 Å². The Bertz CT molecular complexity index is 635. The van der Waals surface area contributed by atoms with Gasteiger partial charge in [0.1, 0.15) is 11.9 Å². The minimum absolute atomic E-state index is 0.0848. The van der Waals surface area contributed by atoms with Crippen molar-refractivity contribution in [1.82, 2.24) is 4.98 Å². The van der Waals surface area contributed by atoms with Crippen molar-refractivity contribution >= 4 is 23.9 Å². The maximum atomic E-state index is 12.7. The first-order valence-electron chi connectivity index (χ1n) is 7.12. The van der Waals surface area contributed by atoms with Crippen LogP contribution in [0.25, 0.3) is 0 Å². The van der Waals surface area contributed by atoms with Gasteiger partial charge in [0.05, 0.1) is 17.9 Å². The van der Waals surface area contributed by atoms with Crippen molar-refractivity contribution in [2.24, 2.45) is 9.98 Å². The van der Waals surface area contributed by atoms with Gasteiger partial charge >= 0.3 is 6.18 Å². The van der Waals surface area contributed by atoms with Crippen LogP contribution in [0.3, 0.4) is 0 Å². The first-order chi connectivity index (χ1) is 11.3. The van der Waals surface area contributed by atoms with Crippen LogP contribution in [0.2, 0.25) is 0 Å². The zero-order valence-electron chi connectivity index (χ0n) is 13.6. The molecular weight excluding hydrogens is 321 g/mol. The highest BCUT2D eigenvalue weighted by Crippen LogP contribution is 2.33. The molecule has 1 heterocycles. The summed E-state index contributed by atoms with van der Waals surface area (Å²) in [5.41, 5.74) is -0.756. The highest BCUT2D eigenvalue weighted by atomic mass is 19.4. The fourth-order valence-corrected chi connectivity index (χ4v) is 1.45. The largest absolute Gasteiger partial charge is 0.497 e. The van der Waals surface area contributed by atoms with E-state index in [0.29, 0.717) is 0 Å². The molecule has 1 aromatic rings. The lowest BCUT2D eigenvalue weighted by molar-refractivity contribution is -0.137. The summed E-state index contributed by atoms with van der Waals surface area (Å²) in [6.45, 7) is 3.79. The number of hydrogen-bond acceptors (Lipinski definition) is 5. The molecule has 0 fully saturated rings. The lowest BCUT2D eigenvalue weighted by atomic mass is 10.2. The number of aliphatic imine (C=N–C) groups is 2. The molecule has 0 radical (unpaired) electrons. The minimum Gasteiger partial charge on any atom is -0.497 e. The number of halogens is 3. The quantitative estimate of drug-likeness (QED) is 0.592. The van der Waals surface area contributed by atoms with Gasteiger partial charge in [-0.25, -0.2) is 4.98 Å². The molecule has 0 unspecified atom stereocenters. The van der Waals surface area contributed by atoms with Crippen molar-refractivity contribution in [3.05, 3.63) is 42.4 Å². The summed E-state index contributed by atoms with van der Waals surface area (Å²) in [4.78, 5) is 11.6. The molecule has 1 N–H and O–H groups in total. The molecule has 1 aromatic heterocycles. The van der Waals surface area contributed by atoms with Gasteiger partial charge in [-0.1, -0.05) is 0 Å². The normalized spacial score (nSPS) is 13.1. The standard InChI is InChI=1S/C16H19F3N4O/c1-12(2)24-9-8-21-6-4-5-7-22-14-10-13(16(17,18)19)11-23-15(14)20-3/h4-12H,1-3H3,(H,20,23)/b5-4+,9-8+,21-6+,22-7?. The van der Waals surface area contributed by atoms with E-state index in [-0.39, 0.29) is 17.6 Å². The van der Waals surface area contributed by atoms with Crippen LogP contribution in [0.5, 0.6) is 0 Å². The first-order valence-corrected chi connectivity index (χ1v) is 7.12. The number of aromatic nitrogens is 1. The van der Waals surface area contributed by atoms with Gasteiger partial charge in [-0.15, -0.1) is 0 Å². The molecule has 0 aromatic carbocycles. The Morgan fingerprint density at radius 2 is 1.96 bits per heavy atom. The van der Waals surface area contributed by atoms with Gasteiger partial charge in [0.2, 0.25) is 0 Å². The lowest BCUT2D eigenvalue weighted by Gasteiger charge is -2.09. The number of ether oxygens (including phenoxy) is 1. The van der Waals surface area contributed by atoms with Crippen molar-refractivity contribution in [3.8, 4) is 0 Å². The second kappa shape index (κ2) is 9.49. The molecule has 5 nitrogen and oxygen atoms in total. The predicted molar refractivity (Wildman–Crippen MR) is 89.9 cm³/mol. The van der Waals surface area contributed by atoms with E-state index in [9.17, 15) is 13.2 Å². The number of hydrogen-bond donors (Lipinski definition) is 1. The summed E-state index contributed by atoms with van der Waals surface area (Å²) in [6.07, 6.45) is 5.32. The predicted octanol–water partition coefficient (Wildman–Crippen LogP) is 4.37. The first kappa shape index (κ1) is 19.4. The van der Waals surface area contributed by atoms with Crippen LogP contribution in [0.1, 0.15) is 19.4 Å². The number of nitrogens with zero attached hydrogens (tertiary/aromatic N) is 3. The molecule has 0 aliphatic carbocycles. The molecule has 0 atom stereocenters. The van der Waals surface area contributed by atoms with Crippen LogP contribution in [0, 0.1) is 0 Å². The molecule has 1 rings (SSSR count). The monoisotopic (exact) mass is 340 g/mol. The summed E-state index contributed by atoms with van der Waals surface area (Å²) in [7, 11) is 1.56. The van der Waals surface area contributed by atoms with Gasteiger partial charge in [-0.05, 0) is 32.1 Å². The molecule has 8 heteroatoms. The Labute approximate surface area is 138 Å². The molecule has 0 bridgehead atoms. The fourth-order valence-electron chi connectivity index (χ4n) is 1.45. The Morgan fingerprint density at radius 3 is 2.58 bits per heavy atom. The van der Waals surface area contributed by atoms with Gasteiger partial charge in [-0.3, -0.25) is 9.98 Å². The Hall–Kier alpha value is -2.64. The Morgan fingerprint density at radius 1 is 1.25 bits per heavy atom. The van der Waals surface area contributed by atoms with E-state index in [4.69, 9.17) is 4.74 Å². The average molecular weight is 340 g/mol. The maximum Gasteiger partial charge on any atom is 0.417 e. The van der Waals surface area contributed by atoms with Crippen molar-refractivity contribution in [1.29, 1.82) is 0 Å². The average Bonchev–Trinajstić information content (AvgIpc) is 2.52. The fraction of sp³-hybridized carbons (Fsp3) is 0.312. The van der Waals surface area contributed by atoms with Gasteiger partial charge < -0.3 is 10.1 Å². The van der Waals surface area contributed by atoms with E-state index in [0.717, 1.165) is 12.3 Å². The van der Waals surface area contributed by atoms with E-state index >= 15 is 0 Å². The van der Waals surface area contributed by atoms with Crippen LogP contribution >= 0.6 is 0 Å². The van der Waals surface area contributed by atoms with Crippen LogP contribution in [-0.2, 0) is 10.9 Å². The van der Waals surface area contributed by atoms with Gasteiger partial charge in [0, 0.05) is 25.7 Å². The van der Waals surface area contributed by atoms with Gasteiger partial charge in [0.25, 0.3) is 0 Å². The van der Waals surface area contributed by atoms with Crippen LogP contribution < -0.4 is 5.32 Å². The van der Waals surface area contributed by atoms with Crippen molar-refractivity contribution in [3.63, 3.8) is 0 Å². The molecule has 0 saturated carbocycles. The summed E-state index contributed by atoms with van der Waals surface area (Å²) in [5.74, 6) is 0.259. The zero-order valence-corrected chi connectivity index (χ0v) is 13.6. The molecule has 0 amide bonds. The second-order valence-electron chi connectivity index (χ2n) is 4.77. The van der Waals surface area contributed by atoms with E-state index in [1.165, 1.54) is 24.9 Å². The zero-order chi connectivity index (χ0) is 18.0. The van der Waals surface area contributed by atoms with Crippen LogP contribution in [-0.4, -0.2) is 30.6 Å². The molecular formula is C16H19F3N4O. The third-order valence-corrected chi connectivity index (χ3v) is 2.51. The van der Waals surface area contributed by atoms with Gasteiger partial charge in [0.15, 0.2) is 5.82 Å². The van der Waals surface area contributed by atoms with Crippen LogP contribution in [0.15, 0.2) is 46.9 Å². The molecule has 0 aliphatic rings. The van der Waals surface area contributed by atoms with E-state index < -0.39 is 11.7 Å². The molecule has 0 spiro atoms. The molecule has 24 heavy (non-hydrogen) atoms. The van der Waals surface area contributed by atoms with Crippen molar-refractivity contribution in [2.45, 2.75) is 26.1 Å². The van der Waals surface area contributed by atoms with Gasteiger partial charge in [-0.2, -0.15) is 13.2 Å².